The molecule has 170 valence electrons. The Kier molecular flexibility index (Phi) is 6.68. The van der Waals surface area contributed by atoms with Gasteiger partial charge in [0.1, 0.15) is 5.75 Å². The van der Waals surface area contributed by atoms with Crippen LogP contribution < -0.4 is 14.9 Å². The van der Waals surface area contributed by atoms with Crippen molar-refractivity contribution in [3.05, 3.63) is 93.6 Å². The van der Waals surface area contributed by atoms with Crippen molar-refractivity contribution >= 4 is 58.2 Å². The molecule has 0 fully saturated rings. The van der Waals surface area contributed by atoms with Crippen LogP contribution in [-0.2, 0) is 9.53 Å². The highest BCUT2D eigenvalue weighted by atomic mass is 35.5. The van der Waals surface area contributed by atoms with Gasteiger partial charge in [-0.15, -0.1) is 0 Å². The van der Waals surface area contributed by atoms with Crippen LogP contribution in [0.15, 0.2) is 57.5 Å². The van der Waals surface area contributed by atoms with E-state index in [4.69, 9.17) is 39.5 Å². The lowest BCUT2D eigenvalue weighted by Crippen LogP contribution is -2.39. The van der Waals surface area contributed by atoms with Crippen LogP contribution in [0.2, 0.25) is 15.1 Å². The number of aromatic nitrogens is 1. The summed E-state index contributed by atoms with van der Waals surface area (Å²) < 4.78 is 7.00. The Morgan fingerprint density at radius 2 is 1.91 bits per heavy atom. The maximum absolute atomic E-state index is 13.5. The number of benzene rings is 2. The number of phenols is 1. The first-order chi connectivity index (χ1) is 15.7. The molecule has 2 heterocycles. The van der Waals surface area contributed by atoms with E-state index in [1.807, 2.05) is 0 Å². The minimum absolute atomic E-state index is 0.0704. The Bertz CT molecular complexity index is 1470. The maximum atomic E-state index is 13.5. The molecule has 33 heavy (non-hydrogen) atoms. The highest BCUT2D eigenvalue weighted by molar-refractivity contribution is 7.07. The minimum atomic E-state index is -0.753. The topological polar surface area (TPSA) is 80.9 Å². The van der Waals surface area contributed by atoms with Crippen molar-refractivity contribution in [2.75, 3.05) is 6.61 Å². The van der Waals surface area contributed by atoms with Crippen LogP contribution in [-0.4, -0.2) is 22.2 Å². The van der Waals surface area contributed by atoms with E-state index in [-0.39, 0.29) is 28.5 Å². The zero-order valence-corrected chi connectivity index (χ0v) is 20.5. The van der Waals surface area contributed by atoms with Crippen molar-refractivity contribution in [1.29, 1.82) is 0 Å². The number of hydrogen-bond acceptors (Lipinski definition) is 6. The van der Waals surface area contributed by atoms with Crippen LogP contribution in [0, 0.1) is 0 Å². The highest BCUT2D eigenvalue weighted by Crippen LogP contribution is 2.33. The molecule has 0 aliphatic carbocycles. The molecule has 4 rings (SSSR count). The predicted octanol–water partition coefficient (Wildman–Crippen LogP) is 4.46. The molecule has 0 amide bonds. The summed E-state index contributed by atoms with van der Waals surface area (Å²) in [5.74, 6) is -0.739. The number of allylic oxidation sites excluding steroid dienone is 1. The summed E-state index contributed by atoms with van der Waals surface area (Å²) in [5, 5.41) is 11.2. The van der Waals surface area contributed by atoms with Gasteiger partial charge in [0.25, 0.3) is 5.56 Å². The lowest BCUT2D eigenvalue weighted by atomic mass is 9.96. The number of halogens is 3. The Morgan fingerprint density at radius 1 is 1.21 bits per heavy atom. The van der Waals surface area contributed by atoms with Gasteiger partial charge in [-0.25, -0.2) is 9.79 Å². The molecular weight excluding hydrogens is 507 g/mol. The van der Waals surface area contributed by atoms with Gasteiger partial charge in [0.2, 0.25) is 0 Å². The van der Waals surface area contributed by atoms with Crippen LogP contribution in [0.4, 0.5) is 0 Å². The molecule has 1 aliphatic heterocycles. The number of thiazole rings is 1. The fourth-order valence-corrected chi connectivity index (χ4v) is 5.26. The number of carbonyl (C=O) groups excluding carboxylic acids is 1. The number of phenolic OH excluding ortho intramolecular Hbond substituents is 1. The van der Waals surface area contributed by atoms with Crippen LogP contribution in [0.5, 0.6) is 5.75 Å². The summed E-state index contributed by atoms with van der Waals surface area (Å²) in [4.78, 5) is 31.3. The Hall–Kier alpha value is -2.58. The maximum Gasteiger partial charge on any atom is 0.338 e. The first kappa shape index (κ1) is 23.6. The van der Waals surface area contributed by atoms with E-state index in [0.717, 1.165) is 11.3 Å². The van der Waals surface area contributed by atoms with E-state index >= 15 is 0 Å². The number of esters is 1. The average molecular weight is 524 g/mol. The molecule has 0 radical (unpaired) electrons. The van der Waals surface area contributed by atoms with E-state index in [1.165, 1.54) is 22.8 Å². The van der Waals surface area contributed by atoms with E-state index in [0.29, 0.717) is 36.2 Å². The lowest BCUT2D eigenvalue weighted by molar-refractivity contribution is -0.139. The zero-order chi connectivity index (χ0) is 23.9. The molecule has 6 nitrogen and oxygen atoms in total. The van der Waals surface area contributed by atoms with Crippen molar-refractivity contribution in [2.24, 2.45) is 4.99 Å². The normalized spacial score (nSPS) is 15.9. The van der Waals surface area contributed by atoms with Gasteiger partial charge in [-0.05, 0) is 49.8 Å². The number of hydrogen-bond donors (Lipinski definition) is 1. The summed E-state index contributed by atoms with van der Waals surface area (Å²) >= 11 is 19.3. The number of nitrogens with zero attached hydrogens (tertiary/aromatic N) is 2. The smallest absolute Gasteiger partial charge is 0.338 e. The molecule has 0 unspecified atom stereocenters. The molecule has 2 aromatic carbocycles. The average Bonchev–Trinajstić information content (AvgIpc) is 3.06. The highest BCUT2D eigenvalue weighted by Gasteiger charge is 2.33. The molecule has 1 N–H and O–H groups in total. The summed E-state index contributed by atoms with van der Waals surface area (Å²) in [5.41, 5.74) is 1.31. The first-order valence-electron chi connectivity index (χ1n) is 9.84. The van der Waals surface area contributed by atoms with E-state index in [9.17, 15) is 14.7 Å². The standard InChI is InChI=1S/C23H17Cl3N2O4S/c1-3-32-22(31)18-11(2)27-23-28(19(18)12-4-6-14(24)7-5-12)21(30)17(33-23)9-13-8-15(25)10-16(26)20(13)29/h4-10,19,29H,3H2,1-2H3/b17-9-/t19-/m1/s1. The molecule has 1 atom stereocenters. The van der Waals surface area contributed by atoms with Gasteiger partial charge in [0.15, 0.2) is 4.80 Å². The van der Waals surface area contributed by atoms with Gasteiger partial charge in [0, 0.05) is 15.6 Å². The number of fused-ring (bicyclic) bond motifs is 1. The molecule has 10 heteroatoms. The third-order valence-corrected chi connectivity index (χ3v) is 6.79. The van der Waals surface area contributed by atoms with Crippen molar-refractivity contribution in [1.82, 2.24) is 4.57 Å². The molecule has 0 saturated heterocycles. The first-order valence-corrected chi connectivity index (χ1v) is 11.8. The fraction of sp³-hybridized carbons (Fsp3) is 0.174. The Balaban J connectivity index is 1.98. The molecule has 0 saturated carbocycles. The number of carbonyl (C=O) groups is 1. The summed E-state index contributed by atoms with van der Waals surface area (Å²) in [6.45, 7) is 3.60. The molecule has 0 bridgehead atoms. The van der Waals surface area contributed by atoms with E-state index in [1.54, 1.807) is 38.1 Å². The van der Waals surface area contributed by atoms with E-state index in [2.05, 4.69) is 4.99 Å². The second-order valence-corrected chi connectivity index (χ2v) is 9.47. The van der Waals surface area contributed by atoms with Gasteiger partial charge in [-0.1, -0.05) is 58.3 Å². The summed E-state index contributed by atoms with van der Waals surface area (Å²) in [7, 11) is 0. The van der Waals surface area contributed by atoms with Crippen molar-refractivity contribution in [2.45, 2.75) is 19.9 Å². The zero-order valence-electron chi connectivity index (χ0n) is 17.4. The van der Waals surface area contributed by atoms with Gasteiger partial charge in [0.05, 0.1) is 33.5 Å². The third kappa shape index (κ3) is 4.46. The summed E-state index contributed by atoms with van der Waals surface area (Å²) in [6, 6.07) is 9.05. The second kappa shape index (κ2) is 9.35. The van der Waals surface area contributed by atoms with Gasteiger partial charge < -0.3 is 9.84 Å². The van der Waals surface area contributed by atoms with Crippen molar-refractivity contribution in [3.63, 3.8) is 0 Å². The van der Waals surface area contributed by atoms with Crippen molar-refractivity contribution < 1.29 is 14.6 Å². The van der Waals surface area contributed by atoms with Crippen LogP contribution in [0.25, 0.3) is 6.08 Å². The predicted molar refractivity (Wildman–Crippen MR) is 130 cm³/mol. The third-order valence-electron chi connectivity index (χ3n) is 5.05. The van der Waals surface area contributed by atoms with Gasteiger partial charge in [-0.2, -0.15) is 0 Å². The molecule has 0 spiro atoms. The Labute approximate surface area is 207 Å². The minimum Gasteiger partial charge on any atom is -0.506 e. The summed E-state index contributed by atoms with van der Waals surface area (Å²) in [6.07, 6.45) is 1.50. The number of ether oxygens (including phenoxy) is 1. The molecule has 1 aliphatic rings. The largest absolute Gasteiger partial charge is 0.506 e. The number of aromatic hydroxyl groups is 1. The van der Waals surface area contributed by atoms with Crippen LogP contribution in [0.3, 0.4) is 0 Å². The second-order valence-electron chi connectivity index (χ2n) is 7.18. The monoisotopic (exact) mass is 522 g/mol. The number of rotatable bonds is 4. The van der Waals surface area contributed by atoms with Crippen LogP contribution >= 0.6 is 46.1 Å². The van der Waals surface area contributed by atoms with Gasteiger partial charge in [-0.3, -0.25) is 9.36 Å². The Morgan fingerprint density at radius 3 is 2.58 bits per heavy atom. The van der Waals surface area contributed by atoms with E-state index < -0.39 is 12.0 Å². The molecule has 1 aromatic heterocycles. The fourth-order valence-electron chi connectivity index (χ4n) is 3.59. The molecule has 3 aromatic rings. The molecular formula is C23H17Cl3N2O4S. The lowest BCUT2D eigenvalue weighted by Gasteiger charge is -2.24. The van der Waals surface area contributed by atoms with Crippen molar-refractivity contribution in [3.8, 4) is 5.75 Å². The quantitative estimate of drug-likeness (QED) is 0.512. The van der Waals surface area contributed by atoms with Crippen LogP contribution in [0.1, 0.15) is 31.0 Å². The van der Waals surface area contributed by atoms with Gasteiger partial charge >= 0.3 is 5.97 Å². The SMILES string of the molecule is CCOC(=O)C1=C(C)N=c2s/c(=C\c3cc(Cl)cc(Cl)c3O)c(=O)n2[C@@H]1c1ccc(Cl)cc1.